The van der Waals surface area contributed by atoms with Crippen molar-refractivity contribution in [2.45, 2.75) is 30.4 Å². The Kier molecular flexibility index (Phi) is 3.65. The van der Waals surface area contributed by atoms with E-state index in [1.54, 1.807) is 0 Å². The highest BCUT2D eigenvalue weighted by atomic mass is 32.2. The molecule has 130 valence electrons. The van der Waals surface area contributed by atoms with Gasteiger partial charge in [0, 0.05) is 22.5 Å². The van der Waals surface area contributed by atoms with Crippen LogP contribution in [0.25, 0.3) is 0 Å². The van der Waals surface area contributed by atoms with E-state index in [1.165, 1.54) is 33.4 Å². The third-order valence-electron chi connectivity index (χ3n) is 5.98. The highest BCUT2D eigenvalue weighted by Gasteiger charge is 2.54. The predicted molar refractivity (Wildman–Crippen MR) is 108 cm³/mol. The second kappa shape index (κ2) is 5.92. The van der Waals surface area contributed by atoms with E-state index >= 15 is 0 Å². The molecule has 1 unspecified atom stereocenters. The third-order valence-corrected chi connectivity index (χ3v) is 7.98. The molecule has 0 aromatic heterocycles. The van der Waals surface area contributed by atoms with E-state index in [-0.39, 0.29) is 5.92 Å². The summed E-state index contributed by atoms with van der Waals surface area (Å²) in [5.41, 5.74) is 7.73. The molecule has 3 aliphatic carbocycles. The maximum absolute atomic E-state index is 13.9. The second-order valence-corrected chi connectivity index (χ2v) is 8.99. The molecular formula is C24H22OS. The first-order valence-electron chi connectivity index (χ1n) is 9.46. The molecular weight excluding hydrogens is 336 g/mol. The Morgan fingerprint density at radius 1 is 0.769 bits per heavy atom. The fourth-order valence-electron chi connectivity index (χ4n) is 4.94. The van der Waals surface area contributed by atoms with Crippen molar-refractivity contribution in [2.24, 2.45) is 0 Å². The summed E-state index contributed by atoms with van der Waals surface area (Å²) >= 11 is 0. The molecule has 3 aromatic carbocycles. The molecule has 0 radical (unpaired) electrons. The molecule has 0 fully saturated rings. The molecule has 1 atom stereocenters. The van der Waals surface area contributed by atoms with Gasteiger partial charge in [0.05, 0.1) is 0 Å². The standard InChI is InChI=1S/C24H22OS/c1-2-3-16-26(25)24-20-13-7-4-10-17(20)23(18-11-5-8-14-21(18)24)19-12-6-9-15-22(19)24/h4-15,23H,2-3,16H2,1H3. The molecule has 0 amide bonds. The molecule has 0 aliphatic heterocycles. The summed E-state index contributed by atoms with van der Waals surface area (Å²) in [7, 11) is -1.01. The molecule has 0 spiro atoms. The zero-order valence-corrected chi connectivity index (χ0v) is 15.8. The van der Waals surface area contributed by atoms with Gasteiger partial charge in [-0.2, -0.15) is 0 Å². The average molecular weight is 359 g/mol. The molecule has 6 rings (SSSR count). The number of rotatable bonds is 4. The quantitative estimate of drug-likeness (QED) is 0.616. The SMILES string of the molecule is CCCCS(=O)C12c3ccccc3C(c3ccccc31)c1ccccc12. The van der Waals surface area contributed by atoms with Crippen molar-refractivity contribution in [3.63, 3.8) is 0 Å². The average Bonchev–Trinajstić information content (AvgIpc) is 2.71. The van der Waals surface area contributed by atoms with Gasteiger partial charge in [-0.1, -0.05) is 86.1 Å². The smallest absolute Gasteiger partial charge is 0.121 e. The van der Waals surface area contributed by atoms with Gasteiger partial charge in [0.2, 0.25) is 0 Å². The Labute approximate surface area is 157 Å². The third kappa shape index (κ3) is 1.88. The fraction of sp³-hybridized carbons (Fsp3) is 0.250. The van der Waals surface area contributed by atoms with Crippen molar-refractivity contribution in [2.75, 3.05) is 5.75 Å². The summed E-state index contributed by atoms with van der Waals surface area (Å²) in [4.78, 5) is 0. The number of benzene rings is 3. The first-order valence-corrected chi connectivity index (χ1v) is 10.8. The number of unbranched alkanes of at least 4 members (excludes halogenated alkanes) is 1. The highest BCUT2D eigenvalue weighted by Crippen LogP contribution is 2.60. The van der Waals surface area contributed by atoms with Crippen LogP contribution in [0.5, 0.6) is 0 Å². The zero-order valence-electron chi connectivity index (χ0n) is 14.9. The van der Waals surface area contributed by atoms with Crippen LogP contribution in [0.3, 0.4) is 0 Å². The van der Waals surface area contributed by atoms with Crippen molar-refractivity contribution < 1.29 is 4.21 Å². The van der Waals surface area contributed by atoms with E-state index in [4.69, 9.17) is 0 Å². The molecule has 2 bridgehead atoms. The van der Waals surface area contributed by atoms with Gasteiger partial charge in [0.15, 0.2) is 0 Å². The Bertz CT molecular complexity index is 904. The van der Waals surface area contributed by atoms with E-state index in [0.29, 0.717) is 0 Å². The lowest BCUT2D eigenvalue weighted by Crippen LogP contribution is -2.46. The lowest BCUT2D eigenvalue weighted by molar-refractivity contribution is 0.635. The minimum absolute atomic E-state index is 0.253. The topological polar surface area (TPSA) is 17.1 Å². The van der Waals surface area contributed by atoms with Crippen LogP contribution < -0.4 is 0 Å². The Morgan fingerprint density at radius 2 is 1.19 bits per heavy atom. The largest absolute Gasteiger partial charge is 0.258 e. The predicted octanol–water partition coefficient (Wildman–Crippen LogP) is 5.33. The maximum atomic E-state index is 13.9. The van der Waals surface area contributed by atoms with Crippen LogP contribution >= 0.6 is 0 Å². The summed E-state index contributed by atoms with van der Waals surface area (Å²) in [6.45, 7) is 2.17. The molecule has 3 aromatic rings. The van der Waals surface area contributed by atoms with Crippen molar-refractivity contribution in [1.82, 2.24) is 0 Å². The Hall–Kier alpha value is -2.19. The maximum Gasteiger partial charge on any atom is 0.121 e. The van der Waals surface area contributed by atoms with Crippen LogP contribution in [0.1, 0.15) is 59.1 Å². The van der Waals surface area contributed by atoms with Crippen LogP contribution in [0.4, 0.5) is 0 Å². The minimum atomic E-state index is -1.01. The van der Waals surface area contributed by atoms with Crippen LogP contribution in [-0.2, 0) is 15.5 Å². The van der Waals surface area contributed by atoms with Gasteiger partial charge < -0.3 is 0 Å². The lowest BCUT2D eigenvalue weighted by atomic mass is 9.60. The first-order chi connectivity index (χ1) is 12.8. The van der Waals surface area contributed by atoms with Gasteiger partial charge in [0.25, 0.3) is 0 Å². The van der Waals surface area contributed by atoms with Gasteiger partial charge >= 0.3 is 0 Å². The molecule has 26 heavy (non-hydrogen) atoms. The molecule has 2 heteroatoms. The normalized spacial score (nSPS) is 23.0. The Balaban J connectivity index is 1.91. The molecule has 0 heterocycles. The second-order valence-electron chi connectivity index (χ2n) is 7.28. The summed E-state index contributed by atoms with van der Waals surface area (Å²) in [5, 5.41) is 0. The summed E-state index contributed by atoms with van der Waals surface area (Å²) < 4.78 is 13.4. The summed E-state index contributed by atoms with van der Waals surface area (Å²) in [5.74, 6) is 0.988. The minimum Gasteiger partial charge on any atom is -0.258 e. The molecule has 0 saturated carbocycles. The molecule has 3 aliphatic rings. The van der Waals surface area contributed by atoms with E-state index in [9.17, 15) is 4.21 Å². The zero-order chi connectivity index (χ0) is 17.7. The highest BCUT2D eigenvalue weighted by molar-refractivity contribution is 7.86. The molecule has 1 nitrogen and oxygen atoms in total. The Morgan fingerprint density at radius 3 is 1.62 bits per heavy atom. The molecule has 0 saturated heterocycles. The monoisotopic (exact) mass is 358 g/mol. The number of hydrogen-bond donors (Lipinski definition) is 0. The molecule has 0 N–H and O–H groups in total. The number of hydrogen-bond acceptors (Lipinski definition) is 1. The fourth-order valence-corrected chi connectivity index (χ4v) is 7.09. The van der Waals surface area contributed by atoms with Crippen molar-refractivity contribution in [3.8, 4) is 0 Å². The lowest BCUT2D eigenvalue weighted by Gasteiger charge is -2.49. The first kappa shape index (κ1) is 16.0. The summed E-state index contributed by atoms with van der Waals surface area (Å²) in [6, 6.07) is 26.0. The summed E-state index contributed by atoms with van der Waals surface area (Å²) in [6.07, 6.45) is 2.06. The van der Waals surface area contributed by atoms with Gasteiger partial charge in [-0.3, -0.25) is 4.21 Å². The van der Waals surface area contributed by atoms with E-state index < -0.39 is 15.5 Å². The van der Waals surface area contributed by atoms with Crippen LogP contribution in [0.15, 0.2) is 72.8 Å². The van der Waals surface area contributed by atoms with Gasteiger partial charge in [-0.15, -0.1) is 0 Å². The van der Waals surface area contributed by atoms with Gasteiger partial charge in [-0.25, -0.2) is 0 Å². The van der Waals surface area contributed by atoms with Crippen LogP contribution in [-0.4, -0.2) is 9.96 Å². The van der Waals surface area contributed by atoms with Crippen molar-refractivity contribution in [3.05, 3.63) is 106 Å². The van der Waals surface area contributed by atoms with Crippen molar-refractivity contribution >= 4 is 10.8 Å². The van der Waals surface area contributed by atoms with E-state index in [1.807, 2.05) is 0 Å². The van der Waals surface area contributed by atoms with Gasteiger partial charge in [0.1, 0.15) is 4.75 Å². The van der Waals surface area contributed by atoms with Crippen LogP contribution in [0, 0.1) is 0 Å². The van der Waals surface area contributed by atoms with Crippen molar-refractivity contribution in [1.29, 1.82) is 0 Å². The van der Waals surface area contributed by atoms with E-state index in [0.717, 1.165) is 18.6 Å². The van der Waals surface area contributed by atoms with E-state index in [2.05, 4.69) is 79.7 Å². The van der Waals surface area contributed by atoms with Crippen LogP contribution in [0.2, 0.25) is 0 Å². The van der Waals surface area contributed by atoms with Gasteiger partial charge in [-0.05, 0) is 39.8 Å².